The lowest BCUT2D eigenvalue weighted by Gasteiger charge is -2.11. The van der Waals surface area contributed by atoms with E-state index >= 15 is 0 Å². The fourth-order valence-electron chi connectivity index (χ4n) is 3.24. The number of fused-ring (bicyclic) bond motifs is 1. The predicted octanol–water partition coefficient (Wildman–Crippen LogP) is 3.14. The quantitative estimate of drug-likeness (QED) is 0.634. The van der Waals surface area contributed by atoms with Gasteiger partial charge in [-0.15, -0.1) is 0 Å². The maximum atomic E-state index is 12.5. The van der Waals surface area contributed by atoms with Gasteiger partial charge in [-0.1, -0.05) is 18.2 Å². The van der Waals surface area contributed by atoms with E-state index in [1.165, 1.54) is 4.68 Å². The fraction of sp³-hybridized carbons (Fsp3) is 0.318. The molecule has 7 heteroatoms. The van der Waals surface area contributed by atoms with Crippen LogP contribution in [-0.2, 0) is 11.2 Å². The van der Waals surface area contributed by atoms with Crippen LogP contribution in [0.4, 0.5) is 0 Å². The highest BCUT2D eigenvalue weighted by Crippen LogP contribution is 2.24. The number of amides is 1. The Morgan fingerprint density at radius 2 is 1.86 bits per heavy atom. The fourth-order valence-corrected chi connectivity index (χ4v) is 3.24. The van der Waals surface area contributed by atoms with Gasteiger partial charge >= 0.3 is 0 Å². The highest BCUT2D eigenvalue weighted by atomic mass is 16.5. The Morgan fingerprint density at radius 1 is 1.07 bits per heavy atom. The van der Waals surface area contributed by atoms with Crippen LogP contribution in [0.1, 0.15) is 28.9 Å². The highest BCUT2D eigenvalue weighted by Gasteiger charge is 2.14. The molecule has 0 unspecified atom stereocenters. The molecule has 0 bridgehead atoms. The van der Waals surface area contributed by atoms with Gasteiger partial charge in [-0.2, -0.15) is 9.78 Å². The molecule has 3 aromatic rings. The Morgan fingerprint density at radius 3 is 2.62 bits per heavy atom. The second-order valence-electron chi connectivity index (χ2n) is 6.69. The molecule has 0 spiro atoms. The van der Waals surface area contributed by atoms with Crippen LogP contribution in [0.5, 0.6) is 11.5 Å². The van der Waals surface area contributed by atoms with Gasteiger partial charge in [0.1, 0.15) is 11.5 Å². The summed E-state index contributed by atoms with van der Waals surface area (Å²) in [5.41, 5.74) is 2.51. The minimum atomic E-state index is -0.195. The zero-order chi connectivity index (χ0) is 20.8. The highest BCUT2D eigenvalue weighted by molar-refractivity contribution is 5.93. The van der Waals surface area contributed by atoms with Gasteiger partial charge in [0.2, 0.25) is 11.8 Å². The number of carbonyl (C=O) groups excluding carboxylic acids is 2. The molecule has 152 valence electrons. The number of nitrogens with one attached hydrogen (secondary N) is 1. The van der Waals surface area contributed by atoms with E-state index in [1.54, 1.807) is 14.2 Å². The molecule has 2 aromatic carbocycles. The molecule has 7 nitrogen and oxygen atoms in total. The summed E-state index contributed by atoms with van der Waals surface area (Å²) in [5, 5.41) is 8.11. The molecule has 1 aromatic heterocycles. The number of aryl methyl sites for hydroxylation is 1. The van der Waals surface area contributed by atoms with Crippen molar-refractivity contribution in [3.63, 3.8) is 0 Å². The summed E-state index contributed by atoms with van der Waals surface area (Å²) >= 11 is 0. The van der Waals surface area contributed by atoms with Crippen LogP contribution >= 0.6 is 0 Å². The number of carbonyl (C=O) groups is 2. The van der Waals surface area contributed by atoms with Crippen molar-refractivity contribution < 1.29 is 19.1 Å². The van der Waals surface area contributed by atoms with Crippen molar-refractivity contribution in [1.82, 2.24) is 15.1 Å². The molecule has 29 heavy (non-hydrogen) atoms. The third kappa shape index (κ3) is 4.74. The lowest BCUT2D eigenvalue weighted by molar-refractivity contribution is -0.121. The minimum absolute atomic E-state index is 0.0967. The van der Waals surface area contributed by atoms with Crippen LogP contribution in [-0.4, -0.2) is 42.4 Å². The van der Waals surface area contributed by atoms with Crippen LogP contribution in [0.15, 0.2) is 42.5 Å². The predicted molar refractivity (Wildman–Crippen MR) is 111 cm³/mol. The Hall–Kier alpha value is -3.35. The van der Waals surface area contributed by atoms with E-state index in [2.05, 4.69) is 10.4 Å². The van der Waals surface area contributed by atoms with E-state index in [4.69, 9.17) is 9.47 Å². The molecule has 0 saturated carbocycles. The molecule has 1 amide bonds. The van der Waals surface area contributed by atoms with Gasteiger partial charge in [0.15, 0.2) is 0 Å². The normalized spacial score (nSPS) is 10.7. The van der Waals surface area contributed by atoms with Gasteiger partial charge in [0, 0.05) is 24.8 Å². The monoisotopic (exact) mass is 395 g/mol. The van der Waals surface area contributed by atoms with Gasteiger partial charge in [-0.3, -0.25) is 9.59 Å². The number of para-hydroxylation sites is 1. The summed E-state index contributed by atoms with van der Waals surface area (Å²) in [4.78, 5) is 24.7. The SMILES string of the molecule is COc1ccc(OC)c(CCNC(=O)CCC(=O)n2nc(C)c3ccccc32)c1. The van der Waals surface area contributed by atoms with Crippen molar-refractivity contribution in [2.45, 2.75) is 26.2 Å². The van der Waals surface area contributed by atoms with Crippen molar-refractivity contribution >= 4 is 22.7 Å². The molecule has 0 saturated heterocycles. The lowest BCUT2D eigenvalue weighted by Crippen LogP contribution is -2.27. The number of rotatable bonds is 8. The second-order valence-corrected chi connectivity index (χ2v) is 6.69. The minimum Gasteiger partial charge on any atom is -0.497 e. The number of hydrogen-bond donors (Lipinski definition) is 1. The van der Waals surface area contributed by atoms with E-state index in [0.29, 0.717) is 13.0 Å². The topological polar surface area (TPSA) is 82.5 Å². The maximum Gasteiger partial charge on any atom is 0.247 e. The number of benzene rings is 2. The summed E-state index contributed by atoms with van der Waals surface area (Å²) in [6.07, 6.45) is 0.809. The van der Waals surface area contributed by atoms with E-state index in [1.807, 2.05) is 49.4 Å². The standard InChI is InChI=1S/C22H25N3O4/c1-15-18-6-4-5-7-19(18)25(24-15)22(27)11-10-21(26)23-13-12-16-14-17(28-2)8-9-20(16)29-3/h4-9,14H,10-13H2,1-3H3,(H,23,26). The van der Waals surface area contributed by atoms with E-state index in [-0.39, 0.29) is 24.7 Å². The van der Waals surface area contributed by atoms with Gasteiger partial charge in [-0.05, 0) is 43.2 Å². The molecule has 0 radical (unpaired) electrons. The van der Waals surface area contributed by atoms with Crippen LogP contribution in [0, 0.1) is 6.92 Å². The largest absolute Gasteiger partial charge is 0.497 e. The van der Waals surface area contributed by atoms with Crippen LogP contribution in [0.2, 0.25) is 0 Å². The molecule has 1 N–H and O–H groups in total. The molecule has 1 heterocycles. The third-order valence-corrected chi connectivity index (χ3v) is 4.78. The lowest BCUT2D eigenvalue weighted by atomic mass is 10.1. The zero-order valence-corrected chi connectivity index (χ0v) is 16.9. The van der Waals surface area contributed by atoms with E-state index in [9.17, 15) is 9.59 Å². The first kappa shape index (κ1) is 20.4. The van der Waals surface area contributed by atoms with Crippen molar-refractivity contribution in [3.05, 3.63) is 53.7 Å². The van der Waals surface area contributed by atoms with Gasteiger partial charge < -0.3 is 14.8 Å². The molecule has 0 aliphatic heterocycles. The average molecular weight is 395 g/mol. The van der Waals surface area contributed by atoms with Crippen molar-refractivity contribution in [1.29, 1.82) is 0 Å². The molecule has 0 aliphatic carbocycles. The number of methoxy groups -OCH3 is 2. The molecule has 0 aliphatic rings. The molecule has 3 rings (SSSR count). The van der Waals surface area contributed by atoms with Crippen LogP contribution in [0.3, 0.4) is 0 Å². The summed E-state index contributed by atoms with van der Waals surface area (Å²) in [7, 11) is 3.21. The first-order chi connectivity index (χ1) is 14.0. The van der Waals surface area contributed by atoms with Crippen LogP contribution in [0.25, 0.3) is 10.9 Å². The van der Waals surface area contributed by atoms with E-state index in [0.717, 1.165) is 33.7 Å². The maximum absolute atomic E-state index is 12.5. The van der Waals surface area contributed by atoms with Crippen molar-refractivity contribution in [2.75, 3.05) is 20.8 Å². The Kier molecular flexibility index (Phi) is 6.49. The van der Waals surface area contributed by atoms with Crippen molar-refractivity contribution in [3.8, 4) is 11.5 Å². The first-order valence-corrected chi connectivity index (χ1v) is 9.48. The number of ether oxygens (including phenoxy) is 2. The summed E-state index contributed by atoms with van der Waals surface area (Å²) < 4.78 is 12.0. The first-order valence-electron chi connectivity index (χ1n) is 9.48. The number of aromatic nitrogens is 2. The van der Waals surface area contributed by atoms with Crippen LogP contribution < -0.4 is 14.8 Å². The molecular formula is C22H25N3O4. The summed E-state index contributed by atoms with van der Waals surface area (Å²) in [6, 6.07) is 13.1. The van der Waals surface area contributed by atoms with Gasteiger partial charge in [0.05, 0.1) is 25.4 Å². The Balaban J connectivity index is 1.52. The third-order valence-electron chi connectivity index (χ3n) is 4.78. The van der Waals surface area contributed by atoms with Gasteiger partial charge in [0.25, 0.3) is 0 Å². The van der Waals surface area contributed by atoms with E-state index < -0.39 is 0 Å². The second kappa shape index (κ2) is 9.23. The molecule has 0 atom stereocenters. The Labute approximate surface area is 169 Å². The van der Waals surface area contributed by atoms with Crippen molar-refractivity contribution in [2.24, 2.45) is 0 Å². The van der Waals surface area contributed by atoms with Gasteiger partial charge in [-0.25, -0.2) is 0 Å². The summed E-state index contributed by atoms with van der Waals surface area (Å²) in [6.45, 7) is 2.31. The Bertz CT molecular complexity index is 1030. The smallest absolute Gasteiger partial charge is 0.247 e. The summed E-state index contributed by atoms with van der Waals surface area (Å²) in [5.74, 6) is 1.11. The molecular weight excluding hydrogens is 370 g/mol. The number of nitrogens with zero attached hydrogens (tertiary/aromatic N) is 2. The molecule has 0 fully saturated rings. The number of hydrogen-bond acceptors (Lipinski definition) is 5. The zero-order valence-electron chi connectivity index (χ0n) is 16.9. The average Bonchev–Trinajstić information content (AvgIpc) is 3.09.